The first kappa shape index (κ1) is 8.55. The molecule has 1 N–H and O–H groups in total. The Hall–Kier alpha value is -0.0400. The number of hydrogen-bond acceptors (Lipinski definition) is 1. The van der Waals surface area contributed by atoms with E-state index in [0.717, 1.165) is 12.8 Å². The zero-order chi connectivity index (χ0) is 8.82. The molecule has 2 fully saturated rings. The second-order valence-electron chi connectivity index (χ2n) is 5.39. The average molecular weight is 168 g/mol. The molecule has 0 heterocycles. The second-order valence-corrected chi connectivity index (χ2v) is 5.39. The normalized spacial score (nSPS) is 37.8. The smallest absolute Gasteiger partial charge is 0.0683 e. The molecule has 2 saturated carbocycles. The molecule has 1 nitrogen and oxygen atoms in total. The molecule has 0 bridgehead atoms. The van der Waals surface area contributed by atoms with Crippen LogP contribution in [0.25, 0.3) is 0 Å². The first-order valence-corrected chi connectivity index (χ1v) is 5.27. The van der Waals surface area contributed by atoms with Gasteiger partial charge in [0.15, 0.2) is 0 Å². The summed E-state index contributed by atoms with van der Waals surface area (Å²) in [6, 6.07) is 0. The van der Waals surface area contributed by atoms with E-state index in [-0.39, 0.29) is 5.60 Å². The van der Waals surface area contributed by atoms with Gasteiger partial charge in [-0.25, -0.2) is 0 Å². The van der Waals surface area contributed by atoms with Crippen LogP contribution in [0.1, 0.15) is 52.4 Å². The van der Waals surface area contributed by atoms with Crippen LogP contribution in [0, 0.1) is 11.3 Å². The van der Waals surface area contributed by atoms with Crippen LogP contribution < -0.4 is 0 Å². The van der Waals surface area contributed by atoms with Gasteiger partial charge < -0.3 is 5.11 Å². The van der Waals surface area contributed by atoms with E-state index in [1.165, 1.54) is 25.7 Å². The van der Waals surface area contributed by atoms with Crippen LogP contribution in [-0.4, -0.2) is 10.7 Å². The molecule has 2 aliphatic carbocycles. The van der Waals surface area contributed by atoms with Gasteiger partial charge in [-0.2, -0.15) is 0 Å². The van der Waals surface area contributed by atoms with Crippen molar-refractivity contribution >= 4 is 0 Å². The molecule has 0 saturated heterocycles. The summed E-state index contributed by atoms with van der Waals surface area (Å²) >= 11 is 0. The minimum absolute atomic E-state index is 0.246. The minimum atomic E-state index is -0.246. The first-order chi connectivity index (χ1) is 5.55. The predicted octanol–water partition coefficient (Wildman–Crippen LogP) is 2.73. The van der Waals surface area contributed by atoms with E-state index < -0.39 is 0 Å². The maximum Gasteiger partial charge on any atom is 0.0683 e. The Morgan fingerprint density at radius 3 is 2.25 bits per heavy atom. The van der Waals surface area contributed by atoms with Crippen molar-refractivity contribution in [2.24, 2.45) is 11.3 Å². The van der Waals surface area contributed by atoms with Gasteiger partial charge in [-0.15, -0.1) is 0 Å². The molecular formula is C11H20O. The Bertz CT molecular complexity index is 179. The number of aliphatic hydroxyl groups is 1. The molecule has 0 amide bonds. The van der Waals surface area contributed by atoms with Gasteiger partial charge in [-0.3, -0.25) is 0 Å². The lowest BCUT2D eigenvalue weighted by atomic mass is 9.65. The quantitative estimate of drug-likeness (QED) is 0.638. The van der Waals surface area contributed by atoms with Gasteiger partial charge in [0.05, 0.1) is 5.60 Å². The van der Waals surface area contributed by atoms with Gasteiger partial charge >= 0.3 is 0 Å². The van der Waals surface area contributed by atoms with Crippen LogP contribution >= 0.6 is 0 Å². The Morgan fingerprint density at radius 2 is 1.75 bits per heavy atom. The Kier molecular flexibility index (Phi) is 1.76. The van der Waals surface area contributed by atoms with Gasteiger partial charge in [0.2, 0.25) is 0 Å². The van der Waals surface area contributed by atoms with E-state index >= 15 is 0 Å². The molecule has 2 aliphatic rings. The molecule has 0 spiro atoms. The lowest BCUT2D eigenvalue weighted by molar-refractivity contribution is -0.0136. The predicted molar refractivity (Wildman–Crippen MR) is 49.9 cm³/mol. The van der Waals surface area contributed by atoms with Crippen molar-refractivity contribution in [2.75, 3.05) is 0 Å². The average Bonchev–Trinajstić information content (AvgIpc) is 2.67. The molecule has 0 radical (unpaired) electrons. The van der Waals surface area contributed by atoms with Crippen molar-refractivity contribution < 1.29 is 5.11 Å². The molecular weight excluding hydrogens is 148 g/mol. The SMILES string of the molecule is CC1(C)CCCCC1C1(O)CC1. The second kappa shape index (κ2) is 2.47. The minimum Gasteiger partial charge on any atom is -0.390 e. The summed E-state index contributed by atoms with van der Waals surface area (Å²) < 4.78 is 0. The molecule has 70 valence electrons. The van der Waals surface area contributed by atoms with Crippen molar-refractivity contribution in [2.45, 2.75) is 58.0 Å². The Balaban J connectivity index is 2.11. The summed E-state index contributed by atoms with van der Waals surface area (Å²) in [6.45, 7) is 4.65. The van der Waals surface area contributed by atoms with Crippen LogP contribution in [0.3, 0.4) is 0 Å². The van der Waals surface area contributed by atoms with E-state index in [4.69, 9.17) is 0 Å². The monoisotopic (exact) mass is 168 g/mol. The van der Waals surface area contributed by atoms with Crippen molar-refractivity contribution in [3.63, 3.8) is 0 Å². The fraction of sp³-hybridized carbons (Fsp3) is 1.00. The Morgan fingerprint density at radius 1 is 1.08 bits per heavy atom. The van der Waals surface area contributed by atoms with E-state index in [9.17, 15) is 5.11 Å². The highest BCUT2D eigenvalue weighted by Gasteiger charge is 2.53. The fourth-order valence-electron chi connectivity index (χ4n) is 2.97. The third kappa shape index (κ3) is 1.28. The Labute approximate surface area is 75.2 Å². The van der Waals surface area contributed by atoms with Crippen LogP contribution in [0.15, 0.2) is 0 Å². The van der Waals surface area contributed by atoms with E-state index in [1.807, 2.05) is 0 Å². The van der Waals surface area contributed by atoms with Gasteiger partial charge in [-0.1, -0.05) is 26.7 Å². The van der Waals surface area contributed by atoms with Gasteiger partial charge in [0.1, 0.15) is 0 Å². The van der Waals surface area contributed by atoms with Crippen molar-refractivity contribution in [1.82, 2.24) is 0 Å². The summed E-state index contributed by atoms with van der Waals surface area (Å²) in [7, 11) is 0. The van der Waals surface area contributed by atoms with Crippen LogP contribution in [0.5, 0.6) is 0 Å². The van der Waals surface area contributed by atoms with Crippen LogP contribution in [0.4, 0.5) is 0 Å². The molecule has 1 atom stereocenters. The molecule has 0 aromatic heterocycles. The topological polar surface area (TPSA) is 20.2 Å². The molecule has 1 heteroatoms. The van der Waals surface area contributed by atoms with Crippen molar-refractivity contribution in [1.29, 1.82) is 0 Å². The molecule has 0 aromatic carbocycles. The summed E-state index contributed by atoms with van der Waals surface area (Å²) in [5.74, 6) is 0.582. The zero-order valence-corrected chi connectivity index (χ0v) is 8.27. The lowest BCUT2D eigenvalue weighted by Crippen LogP contribution is -2.38. The van der Waals surface area contributed by atoms with Gasteiger partial charge in [0, 0.05) is 0 Å². The molecule has 12 heavy (non-hydrogen) atoms. The summed E-state index contributed by atoms with van der Waals surface area (Å²) in [5.41, 5.74) is 0.146. The maximum absolute atomic E-state index is 10.1. The summed E-state index contributed by atoms with van der Waals surface area (Å²) in [5, 5.41) is 10.1. The maximum atomic E-state index is 10.1. The highest BCUT2D eigenvalue weighted by Crippen LogP contribution is 2.55. The van der Waals surface area contributed by atoms with Crippen LogP contribution in [0.2, 0.25) is 0 Å². The molecule has 2 rings (SSSR count). The van der Waals surface area contributed by atoms with E-state index in [2.05, 4.69) is 13.8 Å². The summed E-state index contributed by atoms with van der Waals surface area (Å²) in [4.78, 5) is 0. The first-order valence-electron chi connectivity index (χ1n) is 5.27. The van der Waals surface area contributed by atoms with Gasteiger partial charge in [0.25, 0.3) is 0 Å². The highest BCUT2D eigenvalue weighted by molar-refractivity contribution is 5.04. The standard InChI is InChI=1S/C11H20O/c1-10(2)6-4-3-5-9(10)11(12)7-8-11/h9,12H,3-8H2,1-2H3. The lowest BCUT2D eigenvalue weighted by Gasteiger charge is -2.41. The molecule has 1 unspecified atom stereocenters. The summed E-state index contributed by atoms with van der Waals surface area (Å²) in [6.07, 6.45) is 7.36. The van der Waals surface area contributed by atoms with E-state index in [1.54, 1.807) is 0 Å². The molecule has 0 aliphatic heterocycles. The van der Waals surface area contributed by atoms with Crippen molar-refractivity contribution in [3.05, 3.63) is 0 Å². The third-order valence-corrected chi connectivity index (χ3v) is 3.92. The number of rotatable bonds is 1. The molecule has 0 aromatic rings. The van der Waals surface area contributed by atoms with Crippen molar-refractivity contribution in [3.8, 4) is 0 Å². The third-order valence-electron chi connectivity index (χ3n) is 3.92. The largest absolute Gasteiger partial charge is 0.390 e. The zero-order valence-electron chi connectivity index (χ0n) is 8.27. The van der Waals surface area contributed by atoms with E-state index in [0.29, 0.717) is 11.3 Å². The number of hydrogen-bond donors (Lipinski definition) is 1. The highest BCUT2D eigenvalue weighted by atomic mass is 16.3. The fourth-order valence-corrected chi connectivity index (χ4v) is 2.97. The van der Waals surface area contributed by atoms with Gasteiger partial charge in [-0.05, 0) is 37.0 Å². The van der Waals surface area contributed by atoms with Crippen LogP contribution in [-0.2, 0) is 0 Å².